The molecule has 1 rings (SSSR count). The summed E-state index contributed by atoms with van der Waals surface area (Å²) in [6, 6.07) is 5.92. The summed E-state index contributed by atoms with van der Waals surface area (Å²) in [5.74, 6) is 0.864. The Labute approximate surface area is 118 Å². The molecule has 0 saturated carbocycles. The van der Waals surface area contributed by atoms with E-state index >= 15 is 0 Å². The van der Waals surface area contributed by atoms with Gasteiger partial charge in [-0.3, -0.25) is 0 Å². The van der Waals surface area contributed by atoms with Gasteiger partial charge in [0.1, 0.15) is 12.4 Å². The molecule has 1 aromatic rings. The van der Waals surface area contributed by atoms with Crippen LogP contribution < -0.4 is 10.5 Å². The molecule has 0 amide bonds. The minimum absolute atomic E-state index is 0.0117. The zero-order chi connectivity index (χ0) is 13.9. The normalized spacial score (nSPS) is 13.8. The molecule has 0 radical (unpaired) electrons. The molecule has 0 fully saturated rings. The van der Waals surface area contributed by atoms with Crippen molar-refractivity contribution >= 4 is 15.9 Å². The first-order valence-electron chi connectivity index (χ1n) is 6.09. The van der Waals surface area contributed by atoms with Gasteiger partial charge >= 0.3 is 0 Å². The van der Waals surface area contributed by atoms with Gasteiger partial charge in [0.15, 0.2) is 0 Å². The smallest absolute Gasteiger partial charge is 0.124 e. The molecule has 102 valence electrons. The zero-order valence-electron chi connectivity index (χ0n) is 11.8. The van der Waals surface area contributed by atoms with Gasteiger partial charge < -0.3 is 15.4 Å². The number of hydrogen-bond acceptors (Lipinski definition) is 3. The third-order valence-corrected chi connectivity index (χ3v) is 3.75. The van der Waals surface area contributed by atoms with Crippen LogP contribution in [-0.2, 0) is 0 Å². The predicted molar refractivity (Wildman–Crippen MR) is 80.0 cm³/mol. The molecule has 1 atom stereocenters. The Hall–Kier alpha value is -0.580. The molecule has 0 aliphatic rings. The van der Waals surface area contributed by atoms with Crippen molar-refractivity contribution in [3.8, 4) is 5.75 Å². The highest BCUT2D eigenvalue weighted by molar-refractivity contribution is 9.10. The van der Waals surface area contributed by atoms with Crippen LogP contribution in [0.25, 0.3) is 0 Å². The number of rotatable bonds is 5. The van der Waals surface area contributed by atoms with Crippen LogP contribution in [0, 0.1) is 0 Å². The number of likely N-dealkylation sites (N-methyl/N-ethyl adjacent to an activating group) is 1. The van der Waals surface area contributed by atoms with Crippen LogP contribution in [0.4, 0.5) is 0 Å². The molecule has 0 aliphatic carbocycles. The van der Waals surface area contributed by atoms with E-state index in [-0.39, 0.29) is 11.6 Å². The van der Waals surface area contributed by atoms with Gasteiger partial charge in [0.25, 0.3) is 0 Å². The summed E-state index contributed by atoms with van der Waals surface area (Å²) < 4.78 is 6.96. The van der Waals surface area contributed by atoms with Crippen molar-refractivity contribution in [1.29, 1.82) is 0 Å². The summed E-state index contributed by atoms with van der Waals surface area (Å²) in [6.07, 6.45) is 0. The fourth-order valence-electron chi connectivity index (χ4n) is 1.39. The van der Waals surface area contributed by atoms with E-state index in [0.29, 0.717) is 6.61 Å². The topological polar surface area (TPSA) is 38.5 Å². The second-order valence-corrected chi connectivity index (χ2v) is 6.38. The lowest BCUT2D eigenvalue weighted by atomic mass is 10.1. The van der Waals surface area contributed by atoms with Gasteiger partial charge in [-0.05, 0) is 53.1 Å². The zero-order valence-corrected chi connectivity index (χ0v) is 13.4. The number of nitrogens with zero attached hydrogens (tertiary/aromatic N) is 1. The highest BCUT2D eigenvalue weighted by Gasteiger charge is 2.22. The highest BCUT2D eigenvalue weighted by Crippen LogP contribution is 2.28. The van der Waals surface area contributed by atoms with Crippen molar-refractivity contribution in [1.82, 2.24) is 4.90 Å². The van der Waals surface area contributed by atoms with Gasteiger partial charge in [0.05, 0.1) is 0 Å². The minimum Gasteiger partial charge on any atom is -0.491 e. The standard InChI is InChI=1S/C14H23BrN2O/c1-10(16)12-8-11(15)6-7-13(12)18-9-14(2,3)17(4)5/h6-8,10H,9,16H2,1-5H3. The van der Waals surface area contributed by atoms with Crippen molar-refractivity contribution in [2.24, 2.45) is 5.73 Å². The van der Waals surface area contributed by atoms with Gasteiger partial charge in [-0.1, -0.05) is 15.9 Å². The monoisotopic (exact) mass is 314 g/mol. The van der Waals surface area contributed by atoms with Crippen LogP contribution in [0.5, 0.6) is 5.75 Å². The Kier molecular flexibility index (Phi) is 5.20. The summed E-state index contributed by atoms with van der Waals surface area (Å²) in [4.78, 5) is 2.15. The van der Waals surface area contributed by atoms with Crippen molar-refractivity contribution in [2.45, 2.75) is 32.4 Å². The number of benzene rings is 1. The summed E-state index contributed by atoms with van der Waals surface area (Å²) in [5.41, 5.74) is 6.99. The maximum atomic E-state index is 5.97. The lowest BCUT2D eigenvalue weighted by Gasteiger charge is -2.32. The largest absolute Gasteiger partial charge is 0.491 e. The van der Waals surface area contributed by atoms with Crippen LogP contribution in [0.15, 0.2) is 22.7 Å². The maximum Gasteiger partial charge on any atom is 0.124 e. The van der Waals surface area contributed by atoms with Crippen LogP contribution in [0.3, 0.4) is 0 Å². The second kappa shape index (κ2) is 6.04. The fourth-order valence-corrected chi connectivity index (χ4v) is 1.77. The van der Waals surface area contributed by atoms with Gasteiger partial charge in [-0.25, -0.2) is 0 Å². The van der Waals surface area contributed by atoms with Gasteiger partial charge in [-0.2, -0.15) is 0 Å². The molecule has 1 aromatic carbocycles. The number of nitrogens with two attached hydrogens (primary N) is 1. The third-order valence-electron chi connectivity index (χ3n) is 3.25. The van der Waals surface area contributed by atoms with Crippen molar-refractivity contribution in [3.63, 3.8) is 0 Å². The molecule has 0 heterocycles. The van der Waals surface area contributed by atoms with Crippen molar-refractivity contribution in [2.75, 3.05) is 20.7 Å². The molecule has 0 saturated heterocycles. The molecule has 4 heteroatoms. The van der Waals surface area contributed by atoms with Crippen LogP contribution in [0.2, 0.25) is 0 Å². The molecule has 1 unspecified atom stereocenters. The van der Waals surface area contributed by atoms with E-state index in [2.05, 4.69) is 48.8 Å². The maximum absolute atomic E-state index is 5.97. The van der Waals surface area contributed by atoms with Gasteiger partial charge in [0, 0.05) is 21.6 Å². The molecular weight excluding hydrogens is 292 g/mol. The molecule has 0 spiro atoms. The highest BCUT2D eigenvalue weighted by atomic mass is 79.9. The second-order valence-electron chi connectivity index (χ2n) is 5.47. The minimum atomic E-state index is -0.0417. The SMILES string of the molecule is CC(N)c1cc(Br)ccc1OCC(C)(C)N(C)C. The Morgan fingerprint density at radius 2 is 2.00 bits per heavy atom. The Morgan fingerprint density at radius 3 is 2.50 bits per heavy atom. The van der Waals surface area contributed by atoms with Crippen LogP contribution >= 0.6 is 15.9 Å². The molecule has 0 bridgehead atoms. The molecule has 2 N–H and O–H groups in total. The van der Waals surface area contributed by atoms with E-state index in [0.717, 1.165) is 15.8 Å². The summed E-state index contributed by atoms with van der Waals surface area (Å²) in [7, 11) is 4.11. The summed E-state index contributed by atoms with van der Waals surface area (Å²) in [5, 5.41) is 0. The Morgan fingerprint density at radius 1 is 1.39 bits per heavy atom. The van der Waals surface area contributed by atoms with E-state index in [1.165, 1.54) is 0 Å². The van der Waals surface area contributed by atoms with E-state index in [4.69, 9.17) is 10.5 Å². The average molecular weight is 315 g/mol. The average Bonchev–Trinajstić information content (AvgIpc) is 2.27. The van der Waals surface area contributed by atoms with Crippen molar-refractivity contribution in [3.05, 3.63) is 28.2 Å². The quantitative estimate of drug-likeness (QED) is 0.907. The first kappa shape index (κ1) is 15.5. The number of halogens is 1. The van der Waals surface area contributed by atoms with Crippen molar-refractivity contribution < 1.29 is 4.74 Å². The molecule has 0 aliphatic heterocycles. The Bertz CT molecular complexity index is 403. The summed E-state index contributed by atoms with van der Waals surface area (Å²) in [6.45, 7) is 6.89. The van der Waals surface area contributed by atoms with Gasteiger partial charge in [0.2, 0.25) is 0 Å². The van der Waals surface area contributed by atoms with E-state index < -0.39 is 0 Å². The molecule has 3 nitrogen and oxygen atoms in total. The first-order chi connectivity index (χ1) is 8.24. The number of hydrogen-bond donors (Lipinski definition) is 1. The van der Waals surface area contributed by atoms with E-state index in [1.807, 2.05) is 25.1 Å². The molecule has 18 heavy (non-hydrogen) atoms. The van der Waals surface area contributed by atoms with E-state index in [9.17, 15) is 0 Å². The number of ether oxygens (including phenoxy) is 1. The fraction of sp³-hybridized carbons (Fsp3) is 0.571. The van der Waals surface area contributed by atoms with Gasteiger partial charge in [-0.15, -0.1) is 0 Å². The van der Waals surface area contributed by atoms with E-state index in [1.54, 1.807) is 0 Å². The van der Waals surface area contributed by atoms with Crippen LogP contribution in [0.1, 0.15) is 32.4 Å². The first-order valence-corrected chi connectivity index (χ1v) is 6.88. The third kappa shape index (κ3) is 3.97. The Balaban J connectivity index is 2.85. The summed E-state index contributed by atoms with van der Waals surface area (Å²) >= 11 is 3.46. The molecule has 0 aromatic heterocycles. The van der Waals surface area contributed by atoms with Crippen LogP contribution in [-0.4, -0.2) is 31.1 Å². The lowest BCUT2D eigenvalue weighted by Crippen LogP contribution is -2.43. The lowest BCUT2D eigenvalue weighted by molar-refractivity contribution is 0.113. The predicted octanol–water partition coefficient (Wildman–Crippen LogP) is 3.19. The molecular formula is C14H23BrN2O.